The van der Waals surface area contributed by atoms with Crippen LogP contribution in [0.15, 0.2) is 59.4 Å². The highest BCUT2D eigenvalue weighted by Gasteiger charge is 2.22. The largest absolute Gasteiger partial charge is 0.465 e. The molecule has 146 valence electrons. The van der Waals surface area contributed by atoms with Crippen LogP contribution >= 0.6 is 0 Å². The lowest BCUT2D eigenvalue weighted by Gasteiger charge is -2.21. The molecule has 0 aromatic heterocycles. The predicted octanol–water partition coefficient (Wildman–Crippen LogP) is 4.11. The third-order valence-electron chi connectivity index (χ3n) is 3.95. The molecular formula is C19H19F3O5. The average Bonchev–Trinajstić information content (AvgIpc) is 2.64. The van der Waals surface area contributed by atoms with Crippen LogP contribution in [-0.2, 0) is 23.8 Å². The van der Waals surface area contributed by atoms with E-state index in [2.05, 4.69) is 4.74 Å². The number of hydrogen-bond donors (Lipinski definition) is 0. The van der Waals surface area contributed by atoms with Crippen molar-refractivity contribution < 1.29 is 37.0 Å². The predicted molar refractivity (Wildman–Crippen MR) is 89.7 cm³/mol. The molecule has 8 heteroatoms. The Hall–Kier alpha value is -2.77. The molecule has 2 aliphatic carbocycles. The molecule has 0 N–H and O–H groups in total. The van der Waals surface area contributed by atoms with Gasteiger partial charge in [-0.2, -0.15) is 13.2 Å². The molecule has 0 spiro atoms. The highest BCUT2D eigenvalue weighted by molar-refractivity contribution is 5.75. The van der Waals surface area contributed by atoms with Crippen LogP contribution in [0.25, 0.3) is 0 Å². The van der Waals surface area contributed by atoms with E-state index in [0.717, 1.165) is 17.6 Å². The minimum absolute atomic E-state index is 0.0297. The lowest BCUT2D eigenvalue weighted by molar-refractivity contribution is -0.147. The zero-order valence-electron chi connectivity index (χ0n) is 14.6. The van der Waals surface area contributed by atoms with Gasteiger partial charge in [0.15, 0.2) is 0 Å². The summed E-state index contributed by atoms with van der Waals surface area (Å²) in [6.45, 7) is 2.64. The Morgan fingerprint density at radius 2 is 2.11 bits per heavy atom. The Kier molecular flexibility index (Phi) is 7.45. The van der Waals surface area contributed by atoms with Crippen LogP contribution in [0.3, 0.4) is 0 Å². The zero-order chi connectivity index (χ0) is 19.8. The molecule has 0 aliphatic heterocycles. The van der Waals surface area contributed by atoms with Crippen molar-refractivity contribution in [2.24, 2.45) is 11.8 Å². The maximum absolute atomic E-state index is 12.7. The number of rotatable bonds is 8. The van der Waals surface area contributed by atoms with Crippen molar-refractivity contribution in [1.29, 1.82) is 0 Å². The SMILES string of the molecule is CC1=CC(COC=O)=CC(COC(=O)C2C=CC(OC(F)=C(F)F)=CC2)C1. The molecule has 2 unspecified atom stereocenters. The summed E-state index contributed by atoms with van der Waals surface area (Å²) in [7, 11) is 0. The lowest BCUT2D eigenvalue weighted by Crippen LogP contribution is -2.21. The van der Waals surface area contributed by atoms with E-state index >= 15 is 0 Å². The first kappa shape index (κ1) is 20.5. The topological polar surface area (TPSA) is 61.8 Å². The number of halogens is 3. The molecule has 0 fully saturated rings. The molecule has 5 nitrogen and oxygen atoms in total. The van der Waals surface area contributed by atoms with Crippen LogP contribution in [-0.4, -0.2) is 25.7 Å². The van der Waals surface area contributed by atoms with E-state index in [0.29, 0.717) is 6.47 Å². The Morgan fingerprint density at radius 3 is 2.74 bits per heavy atom. The summed E-state index contributed by atoms with van der Waals surface area (Å²) in [5.74, 6) is -1.19. The minimum Gasteiger partial charge on any atom is -0.465 e. The van der Waals surface area contributed by atoms with Crippen molar-refractivity contribution in [2.75, 3.05) is 13.2 Å². The first-order chi connectivity index (χ1) is 12.9. The van der Waals surface area contributed by atoms with Gasteiger partial charge in [-0.15, -0.1) is 0 Å². The van der Waals surface area contributed by atoms with E-state index in [1.54, 1.807) is 0 Å². The monoisotopic (exact) mass is 384 g/mol. The van der Waals surface area contributed by atoms with Gasteiger partial charge < -0.3 is 14.2 Å². The Labute approximate surface area is 154 Å². The summed E-state index contributed by atoms with van der Waals surface area (Å²) in [5, 5.41) is 0. The van der Waals surface area contributed by atoms with Gasteiger partial charge >= 0.3 is 18.1 Å². The van der Waals surface area contributed by atoms with Crippen molar-refractivity contribution in [2.45, 2.75) is 19.8 Å². The highest BCUT2D eigenvalue weighted by Crippen LogP contribution is 2.25. The van der Waals surface area contributed by atoms with Crippen LogP contribution < -0.4 is 0 Å². The van der Waals surface area contributed by atoms with Gasteiger partial charge in [0.2, 0.25) is 0 Å². The van der Waals surface area contributed by atoms with Crippen LogP contribution in [0.1, 0.15) is 19.8 Å². The Bertz CT molecular complexity index is 730. The van der Waals surface area contributed by atoms with Gasteiger partial charge in [-0.1, -0.05) is 23.8 Å². The van der Waals surface area contributed by atoms with Gasteiger partial charge in [-0.05, 0) is 37.5 Å². The summed E-state index contributed by atoms with van der Waals surface area (Å²) < 4.78 is 51.1. The van der Waals surface area contributed by atoms with Gasteiger partial charge in [-0.25, -0.2) is 0 Å². The van der Waals surface area contributed by atoms with Crippen molar-refractivity contribution >= 4 is 12.4 Å². The molecule has 0 saturated carbocycles. The zero-order valence-corrected chi connectivity index (χ0v) is 14.6. The van der Waals surface area contributed by atoms with Gasteiger partial charge in [0, 0.05) is 5.92 Å². The van der Waals surface area contributed by atoms with Gasteiger partial charge in [0.05, 0.1) is 12.5 Å². The minimum atomic E-state index is -2.55. The summed E-state index contributed by atoms with van der Waals surface area (Å²) in [5.41, 5.74) is 1.92. The maximum Gasteiger partial charge on any atom is 0.344 e. The Balaban J connectivity index is 1.83. The quantitative estimate of drug-likeness (QED) is 0.358. The summed E-state index contributed by atoms with van der Waals surface area (Å²) in [6.07, 6.45) is 6.16. The van der Waals surface area contributed by atoms with E-state index in [-0.39, 0.29) is 31.3 Å². The van der Waals surface area contributed by atoms with Gasteiger partial charge in [0.1, 0.15) is 12.4 Å². The molecule has 0 aromatic rings. The van der Waals surface area contributed by atoms with E-state index in [9.17, 15) is 22.8 Å². The number of allylic oxidation sites excluding steroid dienone is 3. The normalized spacial score (nSPS) is 21.4. The molecule has 0 radical (unpaired) electrons. The molecular weight excluding hydrogens is 365 g/mol. The number of hydrogen-bond acceptors (Lipinski definition) is 5. The van der Waals surface area contributed by atoms with Crippen LogP contribution in [0, 0.1) is 11.8 Å². The summed E-state index contributed by atoms with van der Waals surface area (Å²) >= 11 is 0. The second kappa shape index (κ2) is 9.80. The maximum atomic E-state index is 12.7. The second-order valence-electron chi connectivity index (χ2n) is 6.18. The lowest BCUT2D eigenvalue weighted by atomic mass is 9.92. The fourth-order valence-corrected chi connectivity index (χ4v) is 2.82. The molecule has 0 heterocycles. The van der Waals surface area contributed by atoms with Gasteiger partial charge in [-0.3, -0.25) is 9.59 Å². The first-order valence-corrected chi connectivity index (χ1v) is 8.25. The summed E-state index contributed by atoms with van der Waals surface area (Å²) in [6, 6.07) is -1.96. The average molecular weight is 384 g/mol. The molecule has 2 atom stereocenters. The smallest absolute Gasteiger partial charge is 0.344 e. The molecule has 0 bridgehead atoms. The second-order valence-corrected chi connectivity index (χ2v) is 6.18. The van der Waals surface area contributed by atoms with Crippen LogP contribution in [0.2, 0.25) is 0 Å². The first-order valence-electron chi connectivity index (χ1n) is 8.25. The van der Waals surface area contributed by atoms with Crippen molar-refractivity contribution in [1.82, 2.24) is 0 Å². The van der Waals surface area contributed by atoms with Crippen molar-refractivity contribution in [3.63, 3.8) is 0 Å². The number of ether oxygens (including phenoxy) is 3. The standard InChI is InChI=1S/C19H19F3O5/c1-12-6-13(9-25-11-23)8-14(7-12)10-26-19(24)15-2-4-16(5-3-15)27-18(22)17(20)21/h2,4-6,8,11,14-15H,3,7,9-10H2,1H3. The van der Waals surface area contributed by atoms with Crippen molar-refractivity contribution in [3.8, 4) is 0 Å². The molecule has 0 saturated heterocycles. The number of carbonyl (C=O) groups excluding carboxylic acids is 2. The molecule has 0 amide bonds. The number of carbonyl (C=O) groups is 2. The van der Waals surface area contributed by atoms with E-state index in [1.807, 2.05) is 19.1 Å². The molecule has 2 rings (SSSR count). The Morgan fingerprint density at radius 1 is 1.33 bits per heavy atom. The fourth-order valence-electron chi connectivity index (χ4n) is 2.82. The third kappa shape index (κ3) is 6.47. The van der Waals surface area contributed by atoms with E-state index in [4.69, 9.17) is 9.47 Å². The van der Waals surface area contributed by atoms with Crippen LogP contribution in [0.5, 0.6) is 0 Å². The van der Waals surface area contributed by atoms with E-state index in [1.165, 1.54) is 18.2 Å². The van der Waals surface area contributed by atoms with E-state index < -0.39 is 24.0 Å². The fraction of sp³-hybridized carbons (Fsp3) is 0.368. The van der Waals surface area contributed by atoms with Gasteiger partial charge in [0.25, 0.3) is 6.47 Å². The molecule has 2 aliphatic rings. The summed E-state index contributed by atoms with van der Waals surface area (Å²) in [4.78, 5) is 22.5. The molecule has 27 heavy (non-hydrogen) atoms. The third-order valence-corrected chi connectivity index (χ3v) is 3.95. The highest BCUT2D eigenvalue weighted by atomic mass is 19.3. The number of esters is 1. The van der Waals surface area contributed by atoms with Crippen molar-refractivity contribution in [3.05, 3.63) is 59.4 Å². The van der Waals surface area contributed by atoms with Crippen LogP contribution in [0.4, 0.5) is 13.2 Å². The molecule has 0 aromatic carbocycles.